The zero-order valence-corrected chi connectivity index (χ0v) is 15.6. The summed E-state index contributed by atoms with van der Waals surface area (Å²) in [5.74, 6) is 0.148. The van der Waals surface area contributed by atoms with Crippen molar-refractivity contribution in [3.8, 4) is 0 Å². The van der Waals surface area contributed by atoms with E-state index in [9.17, 15) is 9.59 Å². The van der Waals surface area contributed by atoms with Gasteiger partial charge in [-0.3, -0.25) is 4.79 Å². The molecule has 0 radical (unpaired) electrons. The van der Waals surface area contributed by atoms with Crippen LogP contribution in [-0.4, -0.2) is 58.5 Å². The molecule has 0 atom stereocenters. The number of amides is 3. The quantitative estimate of drug-likeness (QED) is 0.917. The van der Waals surface area contributed by atoms with Gasteiger partial charge in [-0.05, 0) is 45.7 Å². The number of hydrogen-bond donors (Lipinski definition) is 1. The molecule has 0 bridgehead atoms. The number of rotatable bonds is 3. The Labute approximate surface area is 144 Å². The van der Waals surface area contributed by atoms with E-state index in [2.05, 4.69) is 29.8 Å². The molecule has 2 heterocycles. The monoisotopic (exact) mass is 334 g/mol. The summed E-state index contributed by atoms with van der Waals surface area (Å²) in [6, 6.07) is 2.18. The van der Waals surface area contributed by atoms with E-state index in [0.717, 1.165) is 24.2 Å². The van der Waals surface area contributed by atoms with Crippen LogP contribution in [-0.2, 0) is 18.3 Å². The van der Waals surface area contributed by atoms with E-state index in [0.29, 0.717) is 26.1 Å². The topological polar surface area (TPSA) is 57.6 Å². The molecule has 1 saturated heterocycles. The van der Waals surface area contributed by atoms with Crippen LogP contribution in [0.4, 0.5) is 4.79 Å². The minimum atomic E-state index is -0.0335. The van der Waals surface area contributed by atoms with Crippen LogP contribution in [0.25, 0.3) is 0 Å². The fourth-order valence-corrected chi connectivity index (χ4v) is 3.10. The Morgan fingerprint density at radius 3 is 2.33 bits per heavy atom. The van der Waals surface area contributed by atoms with Crippen molar-refractivity contribution in [3.05, 3.63) is 23.0 Å². The highest BCUT2D eigenvalue weighted by molar-refractivity contribution is 5.79. The van der Waals surface area contributed by atoms with Gasteiger partial charge in [-0.2, -0.15) is 0 Å². The molecule has 3 amide bonds. The van der Waals surface area contributed by atoms with Gasteiger partial charge in [0.25, 0.3) is 0 Å². The summed E-state index contributed by atoms with van der Waals surface area (Å²) >= 11 is 0. The molecule has 1 aromatic heterocycles. The van der Waals surface area contributed by atoms with Gasteiger partial charge >= 0.3 is 6.03 Å². The number of urea groups is 1. The zero-order valence-electron chi connectivity index (χ0n) is 15.6. The highest BCUT2D eigenvalue weighted by Crippen LogP contribution is 2.15. The largest absolute Gasteiger partial charge is 0.352 e. The molecule has 134 valence electrons. The molecule has 0 saturated carbocycles. The number of aryl methyl sites for hydroxylation is 1. The Hall–Kier alpha value is -1.98. The molecule has 6 heteroatoms. The van der Waals surface area contributed by atoms with Gasteiger partial charge in [0, 0.05) is 50.7 Å². The van der Waals surface area contributed by atoms with Gasteiger partial charge in [-0.1, -0.05) is 0 Å². The van der Waals surface area contributed by atoms with Gasteiger partial charge in [0.1, 0.15) is 0 Å². The summed E-state index contributed by atoms with van der Waals surface area (Å²) in [5, 5.41) is 2.92. The molecule has 2 rings (SSSR count). The van der Waals surface area contributed by atoms with Gasteiger partial charge in [0.15, 0.2) is 0 Å². The van der Waals surface area contributed by atoms with E-state index in [1.165, 1.54) is 5.69 Å². The van der Waals surface area contributed by atoms with Crippen molar-refractivity contribution >= 4 is 11.9 Å². The van der Waals surface area contributed by atoms with Crippen LogP contribution in [0.2, 0.25) is 0 Å². The zero-order chi connectivity index (χ0) is 17.9. The molecule has 1 aliphatic heterocycles. The average molecular weight is 334 g/mol. The Morgan fingerprint density at radius 1 is 1.12 bits per heavy atom. The SMILES string of the molecule is Cc1cc(CC(=O)N2CCCN(C(=O)NC(C)C)CC2)c(C)n1C. The summed E-state index contributed by atoms with van der Waals surface area (Å²) in [7, 11) is 2.02. The predicted octanol–water partition coefficient (Wildman–Crippen LogP) is 1.84. The van der Waals surface area contributed by atoms with E-state index in [1.54, 1.807) is 0 Å². The Morgan fingerprint density at radius 2 is 1.75 bits per heavy atom. The molecular formula is C18H30N4O2. The van der Waals surface area contributed by atoms with Crippen LogP contribution in [0.3, 0.4) is 0 Å². The van der Waals surface area contributed by atoms with Crippen molar-refractivity contribution < 1.29 is 9.59 Å². The molecule has 1 fully saturated rings. The number of hydrogen-bond acceptors (Lipinski definition) is 2. The van der Waals surface area contributed by atoms with Crippen molar-refractivity contribution in [2.45, 2.75) is 46.6 Å². The second kappa shape index (κ2) is 7.73. The third kappa shape index (κ3) is 4.30. The van der Waals surface area contributed by atoms with Gasteiger partial charge in [0.2, 0.25) is 5.91 Å². The van der Waals surface area contributed by atoms with Crippen LogP contribution in [0, 0.1) is 13.8 Å². The Kier molecular flexibility index (Phi) is 5.91. The van der Waals surface area contributed by atoms with Crippen molar-refractivity contribution in [2.24, 2.45) is 7.05 Å². The van der Waals surface area contributed by atoms with Crippen LogP contribution in [0.1, 0.15) is 37.2 Å². The van der Waals surface area contributed by atoms with E-state index in [4.69, 9.17) is 0 Å². The number of carbonyl (C=O) groups excluding carboxylic acids is 2. The molecule has 1 aliphatic rings. The lowest BCUT2D eigenvalue weighted by Gasteiger charge is -2.23. The van der Waals surface area contributed by atoms with E-state index in [1.807, 2.05) is 30.7 Å². The van der Waals surface area contributed by atoms with Gasteiger partial charge < -0.3 is 19.7 Å². The van der Waals surface area contributed by atoms with Gasteiger partial charge in [0.05, 0.1) is 6.42 Å². The van der Waals surface area contributed by atoms with Gasteiger partial charge in [-0.15, -0.1) is 0 Å². The summed E-state index contributed by atoms with van der Waals surface area (Å²) in [5.41, 5.74) is 3.41. The molecule has 6 nitrogen and oxygen atoms in total. The molecule has 0 unspecified atom stereocenters. The second-order valence-corrected chi connectivity index (χ2v) is 6.96. The minimum absolute atomic E-state index is 0.0335. The first-order valence-electron chi connectivity index (χ1n) is 8.74. The highest BCUT2D eigenvalue weighted by atomic mass is 16.2. The third-order valence-electron chi connectivity index (χ3n) is 4.77. The summed E-state index contributed by atoms with van der Waals surface area (Å²) in [4.78, 5) is 28.5. The molecule has 1 aromatic rings. The first kappa shape index (κ1) is 18.4. The van der Waals surface area contributed by atoms with E-state index in [-0.39, 0.29) is 18.0 Å². The number of aromatic nitrogens is 1. The van der Waals surface area contributed by atoms with Crippen LogP contribution < -0.4 is 5.32 Å². The standard InChI is InChI=1S/C18H30N4O2/c1-13(2)19-18(24)22-8-6-7-21(9-10-22)17(23)12-16-11-14(3)20(5)15(16)4/h11,13H,6-10,12H2,1-5H3,(H,19,24). The maximum Gasteiger partial charge on any atom is 0.317 e. The smallest absolute Gasteiger partial charge is 0.317 e. The molecule has 0 aliphatic carbocycles. The number of nitrogens with one attached hydrogen (secondary N) is 1. The third-order valence-corrected chi connectivity index (χ3v) is 4.77. The lowest BCUT2D eigenvalue weighted by atomic mass is 10.1. The number of carbonyl (C=O) groups is 2. The van der Waals surface area contributed by atoms with E-state index < -0.39 is 0 Å². The van der Waals surface area contributed by atoms with Crippen molar-refractivity contribution in [3.63, 3.8) is 0 Å². The fourth-order valence-electron chi connectivity index (χ4n) is 3.10. The first-order chi connectivity index (χ1) is 11.3. The summed E-state index contributed by atoms with van der Waals surface area (Å²) in [6.07, 6.45) is 1.26. The van der Waals surface area contributed by atoms with Gasteiger partial charge in [-0.25, -0.2) is 4.79 Å². The maximum atomic E-state index is 12.6. The Bertz CT molecular complexity index is 606. The Balaban J connectivity index is 1.94. The molecule has 0 aromatic carbocycles. The lowest BCUT2D eigenvalue weighted by molar-refractivity contribution is -0.130. The molecular weight excluding hydrogens is 304 g/mol. The van der Waals surface area contributed by atoms with E-state index >= 15 is 0 Å². The highest BCUT2D eigenvalue weighted by Gasteiger charge is 2.23. The van der Waals surface area contributed by atoms with Crippen molar-refractivity contribution in [2.75, 3.05) is 26.2 Å². The predicted molar refractivity (Wildman–Crippen MR) is 95.0 cm³/mol. The molecule has 1 N–H and O–H groups in total. The molecule has 0 spiro atoms. The summed E-state index contributed by atoms with van der Waals surface area (Å²) < 4.78 is 2.11. The fraction of sp³-hybridized carbons (Fsp3) is 0.667. The molecule has 24 heavy (non-hydrogen) atoms. The van der Waals surface area contributed by atoms with Crippen LogP contribution in [0.15, 0.2) is 6.07 Å². The normalized spacial score (nSPS) is 15.6. The average Bonchev–Trinajstić information content (AvgIpc) is 2.73. The second-order valence-electron chi connectivity index (χ2n) is 6.96. The lowest BCUT2D eigenvalue weighted by Crippen LogP contribution is -2.45. The van der Waals surface area contributed by atoms with Crippen molar-refractivity contribution in [1.29, 1.82) is 0 Å². The first-order valence-corrected chi connectivity index (χ1v) is 8.74. The van der Waals surface area contributed by atoms with Crippen LogP contribution >= 0.6 is 0 Å². The maximum absolute atomic E-state index is 12.6. The minimum Gasteiger partial charge on any atom is -0.352 e. The van der Waals surface area contributed by atoms with Crippen LogP contribution in [0.5, 0.6) is 0 Å². The number of nitrogens with zero attached hydrogens (tertiary/aromatic N) is 3. The van der Waals surface area contributed by atoms with Crippen molar-refractivity contribution in [1.82, 2.24) is 19.7 Å². The summed E-state index contributed by atoms with van der Waals surface area (Å²) in [6.45, 7) is 10.6.